The molecule has 1 saturated heterocycles. The minimum absolute atomic E-state index is 0.0117. The molecule has 0 amide bonds. The van der Waals surface area contributed by atoms with E-state index < -0.39 is 0 Å². The van der Waals surface area contributed by atoms with Gasteiger partial charge in [0.05, 0.1) is 29.6 Å². The Morgan fingerprint density at radius 1 is 1.00 bits per heavy atom. The highest BCUT2D eigenvalue weighted by Gasteiger charge is 2.20. The molecule has 230 valence electrons. The molecule has 9 nitrogen and oxygen atoms in total. The summed E-state index contributed by atoms with van der Waals surface area (Å²) in [5.74, 6) is 1.14. The fourth-order valence-corrected chi connectivity index (χ4v) is 6.15. The molecule has 0 unspecified atom stereocenters. The van der Waals surface area contributed by atoms with Gasteiger partial charge in [-0.15, -0.1) is 0 Å². The lowest BCUT2D eigenvalue weighted by molar-refractivity contribution is 0.0970. The number of fused-ring (bicyclic) bond motifs is 2. The van der Waals surface area contributed by atoms with E-state index in [-0.39, 0.29) is 12.2 Å². The van der Waals surface area contributed by atoms with Crippen molar-refractivity contribution in [3.8, 4) is 5.75 Å². The second-order valence-corrected chi connectivity index (χ2v) is 12.4. The zero-order valence-corrected chi connectivity index (χ0v) is 26.5. The second-order valence-electron chi connectivity index (χ2n) is 12.4. The van der Waals surface area contributed by atoms with E-state index in [9.17, 15) is 4.79 Å². The van der Waals surface area contributed by atoms with Crippen molar-refractivity contribution in [2.75, 3.05) is 39.3 Å². The number of piperazine rings is 1. The number of nitrogens with zero attached hydrogens (tertiary/aromatic N) is 7. The van der Waals surface area contributed by atoms with Crippen LogP contribution in [0.1, 0.15) is 66.7 Å². The van der Waals surface area contributed by atoms with Crippen LogP contribution in [0.2, 0.25) is 0 Å². The number of carbonyl (C=O) groups is 1. The monoisotopic (exact) mass is 593 g/mol. The summed E-state index contributed by atoms with van der Waals surface area (Å²) in [6, 6.07) is 16.7. The average molecular weight is 594 g/mol. The van der Waals surface area contributed by atoms with Gasteiger partial charge in [0.2, 0.25) is 0 Å². The van der Waals surface area contributed by atoms with Crippen molar-refractivity contribution in [3.63, 3.8) is 0 Å². The number of benzene rings is 1. The second kappa shape index (κ2) is 12.9. The zero-order valence-electron chi connectivity index (χ0n) is 26.5. The van der Waals surface area contributed by atoms with Gasteiger partial charge in [-0.2, -0.15) is 5.10 Å². The first-order valence-corrected chi connectivity index (χ1v) is 15.8. The molecule has 0 atom stereocenters. The highest BCUT2D eigenvalue weighted by molar-refractivity contribution is 5.99. The summed E-state index contributed by atoms with van der Waals surface area (Å²) in [6.45, 7) is 17.3. The predicted molar refractivity (Wildman–Crippen MR) is 174 cm³/mol. The molecule has 9 heteroatoms. The van der Waals surface area contributed by atoms with Crippen molar-refractivity contribution in [1.29, 1.82) is 0 Å². The van der Waals surface area contributed by atoms with Gasteiger partial charge >= 0.3 is 0 Å². The molecule has 1 aliphatic heterocycles. The maximum Gasteiger partial charge on any atom is 0.185 e. The number of ketones is 1. The van der Waals surface area contributed by atoms with Gasteiger partial charge in [0.25, 0.3) is 0 Å². The minimum Gasteiger partial charge on any atom is -0.492 e. The molecule has 0 aliphatic carbocycles. The van der Waals surface area contributed by atoms with Crippen LogP contribution in [0.25, 0.3) is 16.6 Å². The van der Waals surface area contributed by atoms with E-state index in [2.05, 4.69) is 60.7 Å². The fraction of sp³-hybridized carbons (Fsp3) is 0.429. The molecule has 6 rings (SSSR count). The number of hydrogen-bond donors (Lipinski definition) is 0. The summed E-state index contributed by atoms with van der Waals surface area (Å²) < 4.78 is 9.92. The molecule has 44 heavy (non-hydrogen) atoms. The van der Waals surface area contributed by atoms with Crippen molar-refractivity contribution in [1.82, 2.24) is 33.9 Å². The number of carbonyl (C=O) groups excluding carboxylic acids is 1. The van der Waals surface area contributed by atoms with Crippen LogP contribution in [-0.2, 0) is 13.0 Å². The van der Waals surface area contributed by atoms with Crippen molar-refractivity contribution in [3.05, 3.63) is 89.3 Å². The number of imidazole rings is 1. The summed E-state index contributed by atoms with van der Waals surface area (Å²) in [7, 11) is 0. The molecule has 0 N–H and O–H groups in total. The Kier molecular flexibility index (Phi) is 8.77. The minimum atomic E-state index is 0.0117. The first-order chi connectivity index (χ1) is 21.3. The molecule has 0 bridgehead atoms. The van der Waals surface area contributed by atoms with Gasteiger partial charge in [-0.05, 0) is 56.5 Å². The van der Waals surface area contributed by atoms with Gasteiger partial charge in [0.1, 0.15) is 23.7 Å². The van der Waals surface area contributed by atoms with Gasteiger partial charge < -0.3 is 4.74 Å². The summed E-state index contributed by atoms with van der Waals surface area (Å²) in [5, 5.41) is 5.87. The number of aromatic nitrogens is 5. The van der Waals surface area contributed by atoms with Crippen molar-refractivity contribution >= 4 is 22.3 Å². The van der Waals surface area contributed by atoms with Crippen LogP contribution in [0, 0.1) is 6.92 Å². The normalized spacial score (nSPS) is 14.8. The SMILES string of the molecule is Cc1nn(Cc2cccc(C(C)C)n2)c2cccc(CC(=O)c3cnc4cc(OCCN5CCN(C(C)C)CC5)ccn34)c12. The van der Waals surface area contributed by atoms with Crippen LogP contribution in [0.4, 0.5) is 0 Å². The average Bonchev–Trinajstić information content (AvgIpc) is 3.58. The van der Waals surface area contributed by atoms with Crippen LogP contribution in [-0.4, -0.2) is 85.1 Å². The highest BCUT2D eigenvalue weighted by atomic mass is 16.5. The zero-order chi connectivity index (χ0) is 30.8. The Morgan fingerprint density at radius 3 is 2.57 bits per heavy atom. The summed E-state index contributed by atoms with van der Waals surface area (Å²) in [5.41, 5.74) is 6.19. The molecule has 5 aromatic rings. The lowest BCUT2D eigenvalue weighted by atomic mass is 10.0. The smallest absolute Gasteiger partial charge is 0.185 e. The highest BCUT2D eigenvalue weighted by Crippen LogP contribution is 2.25. The van der Waals surface area contributed by atoms with Crippen molar-refractivity contribution in [2.24, 2.45) is 0 Å². The van der Waals surface area contributed by atoms with Gasteiger partial charge in [-0.3, -0.25) is 28.7 Å². The van der Waals surface area contributed by atoms with Crippen LogP contribution >= 0.6 is 0 Å². The molecule has 0 radical (unpaired) electrons. The molecule has 4 aromatic heterocycles. The molecular formula is C35H43N7O2. The molecule has 1 aromatic carbocycles. The van der Waals surface area contributed by atoms with Crippen molar-refractivity contribution < 1.29 is 9.53 Å². The van der Waals surface area contributed by atoms with Crippen molar-refractivity contribution in [2.45, 2.75) is 59.5 Å². The third-order valence-corrected chi connectivity index (χ3v) is 8.71. The van der Waals surface area contributed by atoms with Crippen LogP contribution < -0.4 is 4.74 Å². The molecule has 1 fully saturated rings. The van der Waals surface area contributed by atoms with Gasteiger partial charge in [0.15, 0.2) is 5.78 Å². The van der Waals surface area contributed by atoms with E-state index >= 15 is 0 Å². The molecule has 1 aliphatic rings. The Balaban J connectivity index is 1.12. The van der Waals surface area contributed by atoms with Crippen LogP contribution in [0.5, 0.6) is 5.75 Å². The summed E-state index contributed by atoms with van der Waals surface area (Å²) in [4.78, 5) is 27.9. The van der Waals surface area contributed by atoms with E-state index in [0.29, 0.717) is 36.5 Å². The van der Waals surface area contributed by atoms with E-state index in [0.717, 1.165) is 72.0 Å². The molecular weight excluding hydrogens is 550 g/mol. The fourth-order valence-electron chi connectivity index (χ4n) is 6.15. The number of hydrogen-bond acceptors (Lipinski definition) is 7. The third-order valence-electron chi connectivity index (χ3n) is 8.71. The van der Waals surface area contributed by atoms with Crippen LogP contribution in [0.15, 0.2) is 60.9 Å². The Hall–Kier alpha value is -4.08. The summed E-state index contributed by atoms with van der Waals surface area (Å²) in [6.07, 6.45) is 3.81. The Morgan fingerprint density at radius 2 is 1.80 bits per heavy atom. The van der Waals surface area contributed by atoms with E-state index in [1.54, 1.807) is 6.20 Å². The third kappa shape index (κ3) is 6.39. The molecule has 0 spiro atoms. The lowest BCUT2D eigenvalue weighted by Crippen LogP contribution is -2.49. The molecule has 5 heterocycles. The van der Waals surface area contributed by atoms with Gasteiger partial charge in [-0.1, -0.05) is 32.0 Å². The topological polar surface area (TPSA) is 80.8 Å². The Labute approximate surface area is 259 Å². The van der Waals surface area contributed by atoms with E-state index in [1.165, 1.54) is 0 Å². The Bertz CT molecular complexity index is 1760. The number of pyridine rings is 2. The predicted octanol–water partition coefficient (Wildman–Crippen LogP) is 5.39. The quantitative estimate of drug-likeness (QED) is 0.190. The van der Waals surface area contributed by atoms with Gasteiger partial charge in [0, 0.05) is 68.5 Å². The van der Waals surface area contributed by atoms with Crippen LogP contribution in [0.3, 0.4) is 0 Å². The molecule has 0 saturated carbocycles. The van der Waals surface area contributed by atoms with Gasteiger partial charge in [-0.25, -0.2) is 4.98 Å². The maximum atomic E-state index is 13.6. The first-order valence-electron chi connectivity index (χ1n) is 15.8. The number of ether oxygens (including phenoxy) is 1. The number of Topliss-reactive ketones (excluding diaryl/α,β-unsaturated/α-hetero) is 1. The largest absolute Gasteiger partial charge is 0.492 e. The number of aryl methyl sites for hydroxylation is 1. The lowest BCUT2D eigenvalue weighted by Gasteiger charge is -2.36. The van der Waals surface area contributed by atoms with E-state index in [4.69, 9.17) is 14.8 Å². The first kappa shape index (κ1) is 30.0. The summed E-state index contributed by atoms with van der Waals surface area (Å²) >= 11 is 0. The van der Waals surface area contributed by atoms with E-state index in [1.807, 2.05) is 52.5 Å². The maximum absolute atomic E-state index is 13.6. The standard InChI is InChI=1S/C35H43N7O2/c1-24(2)30-10-7-9-28(37-30)23-42-31-11-6-8-27(35(31)26(5)38-42)20-33(43)32-22-36-34-21-29(12-13-41(32)34)44-19-18-39-14-16-40(17-15-39)25(3)4/h6-13,21-22,24-25H,14-20,23H2,1-5H3. The number of rotatable bonds is 11.